The number of rotatable bonds is 10. The molecule has 0 spiro atoms. The third-order valence-electron chi connectivity index (χ3n) is 4.05. The van der Waals surface area contributed by atoms with Gasteiger partial charge in [0.1, 0.15) is 9.84 Å². The Hall–Kier alpha value is -0.130. The molecule has 1 heterocycles. The summed E-state index contributed by atoms with van der Waals surface area (Å²) in [5.74, 6) is 0.583. The van der Waals surface area contributed by atoms with Crippen LogP contribution in [0.5, 0.6) is 0 Å². The summed E-state index contributed by atoms with van der Waals surface area (Å²) in [6, 6.07) is 0.428. The second-order valence-electron chi connectivity index (χ2n) is 5.70. The summed E-state index contributed by atoms with van der Waals surface area (Å²) in [7, 11) is -2.82. The fourth-order valence-corrected chi connectivity index (χ4v) is 3.65. The van der Waals surface area contributed by atoms with Crippen LogP contribution < -0.4 is 5.32 Å². The van der Waals surface area contributed by atoms with Crippen molar-refractivity contribution in [2.24, 2.45) is 0 Å². The quantitative estimate of drug-likeness (QED) is 0.674. The van der Waals surface area contributed by atoms with Gasteiger partial charge in [0.05, 0.1) is 11.9 Å². The van der Waals surface area contributed by atoms with Gasteiger partial charge in [-0.05, 0) is 51.5 Å². The van der Waals surface area contributed by atoms with Crippen molar-refractivity contribution in [3.05, 3.63) is 0 Å². The van der Waals surface area contributed by atoms with E-state index in [0.717, 1.165) is 38.8 Å². The van der Waals surface area contributed by atoms with Crippen molar-refractivity contribution in [2.45, 2.75) is 70.9 Å². The standard InChI is InChI=1S/C15H31NO3S/c1-3-16-14(8-7-13-20(17,18)4-2)10-11-15-9-5-6-12-19-15/h14-16H,3-13H2,1-2H3. The molecule has 0 aromatic rings. The maximum atomic E-state index is 11.5. The first-order chi connectivity index (χ1) is 9.57. The van der Waals surface area contributed by atoms with E-state index in [1.165, 1.54) is 19.3 Å². The summed E-state index contributed by atoms with van der Waals surface area (Å²) >= 11 is 0. The third kappa shape index (κ3) is 7.60. The van der Waals surface area contributed by atoms with E-state index in [9.17, 15) is 8.42 Å². The Labute approximate surface area is 124 Å². The molecule has 1 saturated heterocycles. The van der Waals surface area contributed by atoms with Gasteiger partial charge in [-0.15, -0.1) is 0 Å². The molecule has 0 saturated carbocycles. The minimum atomic E-state index is -2.82. The fraction of sp³-hybridized carbons (Fsp3) is 1.00. The van der Waals surface area contributed by atoms with Crippen LogP contribution in [0.15, 0.2) is 0 Å². The molecule has 1 rings (SSSR count). The van der Waals surface area contributed by atoms with E-state index >= 15 is 0 Å². The van der Waals surface area contributed by atoms with E-state index in [-0.39, 0.29) is 5.75 Å². The summed E-state index contributed by atoms with van der Waals surface area (Å²) in [5.41, 5.74) is 0. The molecular formula is C15H31NO3S. The Bertz CT molecular complexity index is 337. The lowest BCUT2D eigenvalue weighted by atomic mass is 9.99. The van der Waals surface area contributed by atoms with Crippen molar-refractivity contribution >= 4 is 9.84 Å². The van der Waals surface area contributed by atoms with Gasteiger partial charge >= 0.3 is 0 Å². The molecule has 1 fully saturated rings. The molecule has 5 heteroatoms. The van der Waals surface area contributed by atoms with E-state index in [4.69, 9.17) is 4.74 Å². The van der Waals surface area contributed by atoms with Gasteiger partial charge < -0.3 is 10.1 Å². The predicted molar refractivity (Wildman–Crippen MR) is 83.9 cm³/mol. The van der Waals surface area contributed by atoms with Crippen LogP contribution in [0.2, 0.25) is 0 Å². The summed E-state index contributed by atoms with van der Waals surface area (Å²) in [6.45, 7) is 5.67. The normalized spacial score (nSPS) is 21.8. The van der Waals surface area contributed by atoms with Crippen LogP contribution in [0, 0.1) is 0 Å². The second-order valence-corrected chi connectivity index (χ2v) is 8.17. The van der Waals surface area contributed by atoms with Gasteiger partial charge in [-0.2, -0.15) is 0 Å². The zero-order chi connectivity index (χ0) is 14.8. The zero-order valence-corrected chi connectivity index (χ0v) is 13.9. The SMILES string of the molecule is CCNC(CCCS(=O)(=O)CC)CCC1CCCCO1. The highest BCUT2D eigenvalue weighted by Gasteiger charge is 2.17. The Balaban J connectivity index is 2.24. The molecule has 1 aliphatic heterocycles. The van der Waals surface area contributed by atoms with Crippen LogP contribution in [0.1, 0.15) is 58.8 Å². The molecule has 4 nitrogen and oxygen atoms in total. The molecule has 0 aromatic heterocycles. The molecule has 2 unspecified atom stereocenters. The summed E-state index contributed by atoms with van der Waals surface area (Å²) < 4.78 is 28.8. The lowest BCUT2D eigenvalue weighted by molar-refractivity contribution is 0.00846. The lowest BCUT2D eigenvalue weighted by Gasteiger charge is -2.25. The molecule has 1 N–H and O–H groups in total. The summed E-state index contributed by atoms with van der Waals surface area (Å²) in [4.78, 5) is 0. The van der Waals surface area contributed by atoms with Gasteiger partial charge in [0.25, 0.3) is 0 Å². The number of hydrogen-bond donors (Lipinski definition) is 1. The molecule has 0 amide bonds. The van der Waals surface area contributed by atoms with Crippen molar-refractivity contribution in [1.29, 1.82) is 0 Å². The Morgan fingerprint density at radius 1 is 1.25 bits per heavy atom. The van der Waals surface area contributed by atoms with E-state index in [0.29, 0.717) is 17.9 Å². The van der Waals surface area contributed by atoms with Gasteiger partial charge in [-0.25, -0.2) is 8.42 Å². The number of hydrogen-bond acceptors (Lipinski definition) is 4. The first kappa shape index (κ1) is 17.9. The van der Waals surface area contributed by atoms with Gasteiger partial charge in [0.15, 0.2) is 0 Å². The number of sulfone groups is 1. The third-order valence-corrected chi connectivity index (χ3v) is 5.84. The van der Waals surface area contributed by atoms with Gasteiger partial charge in [-0.3, -0.25) is 0 Å². The second kappa shape index (κ2) is 9.74. The van der Waals surface area contributed by atoms with Crippen LogP contribution in [0.3, 0.4) is 0 Å². The Morgan fingerprint density at radius 3 is 2.65 bits per heavy atom. The van der Waals surface area contributed by atoms with Crippen molar-refractivity contribution in [2.75, 3.05) is 24.7 Å². The maximum absolute atomic E-state index is 11.5. The average molecular weight is 305 g/mol. The number of ether oxygens (including phenoxy) is 1. The van der Waals surface area contributed by atoms with E-state index in [2.05, 4.69) is 12.2 Å². The minimum absolute atomic E-state index is 0.259. The zero-order valence-electron chi connectivity index (χ0n) is 13.1. The average Bonchev–Trinajstić information content (AvgIpc) is 2.46. The van der Waals surface area contributed by atoms with Gasteiger partial charge in [0.2, 0.25) is 0 Å². The molecule has 0 aliphatic carbocycles. The molecule has 1 aliphatic rings. The highest BCUT2D eigenvalue weighted by atomic mass is 32.2. The molecule has 0 aromatic carbocycles. The van der Waals surface area contributed by atoms with Gasteiger partial charge in [-0.1, -0.05) is 13.8 Å². The predicted octanol–water partition coefficient (Wildman–Crippen LogP) is 2.53. The first-order valence-corrected chi connectivity index (χ1v) is 9.95. The van der Waals surface area contributed by atoms with Crippen LogP contribution >= 0.6 is 0 Å². The molecule has 0 radical (unpaired) electrons. The van der Waals surface area contributed by atoms with Crippen LogP contribution in [0.25, 0.3) is 0 Å². The smallest absolute Gasteiger partial charge is 0.150 e. The lowest BCUT2D eigenvalue weighted by Crippen LogP contribution is -2.31. The molecule has 0 bridgehead atoms. The number of nitrogens with one attached hydrogen (secondary N) is 1. The molecule has 120 valence electrons. The van der Waals surface area contributed by atoms with Crippen molar-refractivity contribution < 1.29 is 13.2 Å². The highest BCUT2D eigenvalue weighted by Crippen LogP contribution is 2.19. The largest absolute Gasteiger partial charge is 0.378 e. The summed E-state index contributed by atoms with van der Waals surface area (Å²) in [5, 5.41) is 3.48. The van der Waals surface area contributed by atoms with Gasteiger partial charge in [0, 0.05) is 18.4 Å². The molecule has 20 heavy (non-hydrogen) atoms. The topological polar surface area (TPSA) is 55.4 Å². The Kier molecular flexibility index (Phi) is 8.73. The molecular weight excluding hydrogens is 274 g/mol. The Morgan fingerprint density at radius 2 is 2.05 bits per heavy atom. The monoisotopic (exact) mass is 305 g/mol. The van der Waals surface area contributed by atoms with E-state index < -0.39 is 9.84 Å². The summed E-state index contributed by atoms with van der Waals surface area (Å²) in [6.07, 6.45) is 7.97. The minimum Gasteiger partial charge on any atom is -0.378 e. The van der Waals surface area contributed by atoms with Crippen molar-refractivity contribution in [3.8, 4) is 0 Å². The van der Waals surface area contributed by atoms with Crippen LogP contribution in [-0.2, 0) is 14.6 Å². The van der Waals surface area contributed by atoms with E-state index in [1.54, 1.807) is 6.92 Å². The molecule has 2 atom stereocenters. The van der Waals surface area contributed by atoms with Crippen LogP contribution in [-0.4, -0.2) is 45.2 Å². The van der Waals surface area contributed by atoms with Crippen LogP contribution in [0.4, 0.5) is 0 Å². The highest BCUT2D eigenvalue weighted by molar-refractivity contribution is 7.91. The first-order valence-electron chi connectivity index (χ1n) is 8.12. The maximum Gasteiger partial charge on any atom is 0.150 e. The van der Waals surface area contributed by atoms with Crippen molar-refractivity contribution in [3.63, 3.8) is 0 Å². The fourth-order valence-electron chi connectivity index (χ4n) is 2.75. The van der Waals surface area contributed by atoms with E-state index in [1.807, 2.05) is 0 Å². The van der Waals surface area contributed by atoms with Crippen molar-refractivity contribution in [1.82, 2.24) is 5.32 Å².